The molecule has 2 aromatic rings. The standard InChI is InChI=1S/C21H22O2/c1-2-21(23,18-13-7-4-8-14-18)20(16-10-9-15-19(20)22)17-11-5-3-6-12-17/h1,3-8,11-14,19,22-23H,9-10,15-16H2/t19-,20-,21+/m0/s1. The first-order valence-electron chi connectivity index (χ1n) is 8.14. The Morgan fingerprint density at radius 1 is 1.00 bits per heavy atom. The van der Waals surface area contributed by atoms with E-state index >= 15 is 0 Å². The summed E-state index contributed by atoms with van der Waals surface area (Å²) in [5.74, 6) is 2.63. The number of rotatable bonds is 3. The topological polar surface area (TPSA) is 40.5 Å². The fourth-order valence-electron chi connectivity index (χ4n) is 4.01. The molecule has 0 aromatic heterocycles. The van der Waals surface area contributed by atoms with Crippen LogP contribution >= 0.6 is 0 Å². The first-order chi connectivity index (χ1) is 11.1. The Morgan fingerprint density at radius 3 is 2.17 bits per heavy atom. The van der Waals surface area contributed by atoms with E-state index in [-0.39, 0.29) is 0 Å². The van der Waals surface area contributed by atoms with Gasteiger partial charge in [0.1, 0.15) is 0 Å². The quantitative estimate of drug-likeness (QED) is 0.854. The molecule has 0 bridgehead atoms. The Hall–Kier alpha value is -2.08. The van der Waals surface area contributed by atoms with Gasteiger partial charge in [0.15, 0.2) is 5.60 Å². The Balaban J connectivity index is 2.25. The van der Waals surface area contributed by atoms with Crippen LogP contribution < -0.4 is 0 Å². The maximum absolute atomic E-state index is 11.6. The Kier molecular flexibility index (Phi) is 4.26. The summed E-state index contributed by atoms with van der Waals surface area (Å²) in [5.41, 5.74) is -0.873. The van der Waals surface area contributed by atoms with E-state index in [4.69, 9.17) is 6.42 Å². The maximum Gasteiger partial charge on any atom is 0.162 e. The van der Waals surface area contributed by atoms with Crippen molar-refractivity contribution in [2.24, 2.45) is 0 Å². The number of hydrogen-bond donors (Lipinski definition) is 2. The fraction of sp³-hybridized carbons (Fsp3) is 0.333. The molecule has 0 spiro atoms. The molecule has 1 fully saturated rings. The van der Waals surface area contributed by atoms with E-state index in [9.17, 15) is 10.2 Å². The first-order valence-corrected chi connectivity index (χ1v) is 8.14. The summed E-state index contributed by atoms with van der Waals surface area (Å²) >= 11 is 0. The number of terminal acetylenes is 1. The number of benzene rings is 2. The minimum absolute atomic E-state index is 0.645. The van der Waals surface area contributed by atoms with Gasteiger partial charge in [-0.2, -0.15) is 0 Å². The predicted octanol–water partition coefficient (Wildman–Crippen LogP) is 3.38. The van der Waals surface area contributed by atoms with Crippen LogP contribution in [0, 0.1) is 12.3 Å². The normalized spacial score (nSPS) is 26.9. The third-order valence-corrected chi connectivity index (χ3v) is 5.20. The van der Waals surface area contributed by atoms with Crippen LogP contribution in [-0.4, -0.2) is 16.3 Å². The average Bonchev–Trinajstić information content (AvgIpc) is 2.63. The van der Waals surface area contributed by atoms with Crippen molar-refractivity contribution in [2.75, 3.05) is 0 Å². The summed E-state index contributed by atoms with van der Waals surface area (Å²) in [6.45, 7) is 0. The van der Waals surface area contributed by atoms with Crippen LogP contribution in [0.25, 0.3) is 0 Å². The second-order valence-corrected chi connectivity index (χ2v) is 6.32. The molecule has 0 saturated heterocycles. The van der Waals surface area contributed by atoms with Gasteiger partial charge in [0.05, 0.1) is 11.5 Å². The van der Waals surface area contributed by atoms with Crippen LogP contribution in [0.2, 0.25) is 0 Å². The molecular formula is C21H22O2. The van der Waals surface area contributed by atoms with E-state index in [0.29, 0.717) is 18.4 Å². The highest BCUT2D eigenvalue weighted by Crippen LogP contribution is 2.51. The lowest BCUT2D eigenvalue weighted by molar-refractivity contribution is -0.0843. The van der Waals surface area contributed by atoms with Gasteiger partial charge in [-0.15, -0.1) is 6.42 Å². The molecule has 0 aliphatic heterocycles. The summed E-state index contributed by atoms with van der Waals surface area (Å²) in [7, 11) is 0. The largest absolute Gasteiger partial charge is 0.392 e. The van der Waals surface area contributed by atoms with E-state index in [0.717, 1.165) is 18.4 Å². The lowest BCUT2D eigenvalue weighted by Gasteiger charge is -2.50. The van der Waals surface area contributed by atoms with Crippen molar-refractivity contribution in [1.29, 1.82) is 0 Å². The minimum Gasteiger partial charge on any atom is -0.392 e. The molecule has 1 aliphatic rings. The zero-order valence-electron chi connectivity index (χ0n) is 13.2. The van der Waals surface area contributed by atoms with Gasteiger partial charge in [-0.3, -0.25) is 0 Å². The van der Waals surface area contributed by atoms with E-state index in [2.05, 4.69) is 5.92 Å². The monoisotopic (exact) mass is 306 g/mol. The zero-order chi connectivity index (χ0) is 16.3. The molecule has 2 heteroatoms. The van der Waals surface area contributed by atoms with E-state index in [1.165, 1.54) is 0 Å². The van der Waals surface area contributed by atoms with Gasteiger partial charge in [-0.25, -0.2) is 0 Å². The molecule has 0 amide bonds. The summed E-state index contributed by atoms with van der Waals surface area (Å²) in [6.07, 6.45) is 8.35. The number of hydrogen-bond acceptors (Lipinski definition) is 2. The zero-order valence-corrected chi connectivity index (χ0v) is 13.2. The molecule has 3 atom stereocenters. The predicted molar refractivity (Wildman–Crippen MR) is 91.8 cm³/mol. The fourth-order valence-corrected chi connectivity index (χ4v) is 4.01. The van der Waals surface area contributed by atoms with E-state index in [1.807, 2.05) is 60.7 Å². The maximum atomic E-state index is 11.6. The summed E-state index contributed by atoms with van der Waals surface area (Å²) in [5, 5.41) is 22.5. The molecule has 0 heterocycles. The third kappa shape index (κ3) is 2.37. The SMILES string of the molecule is C#C[C@@](O)(c1ccccc1)[C@]1(c2ccccc2)CCCC[C@@H]1O. The van der Waals surface area contributed by atoms with Crippen molar-refractivity contribution >= 4 is 0 Å². The lowest BCUT2D eigenvalue weighted by Crippen LogP contribution is -2.57. The van der Waals surface area contributed by atoms with Crippen LogP contribution in [-0.2, 0) is 11.0 Å². The highest BCUT2D eigenvalue weighted by Gasteiger charge is 2.56. The summed E-state index contributed by atoms with van der Waals surface area (Å²) in [6, 6.07) is 19.0. The van der Waals surface area contributed by atoms with Gasteiger partial charge in [0.25, 0.3) is 0 Å². The van der Waals surface area contributed by atoms with Crippen molar-refractivity contribution in [3.05, 3.63) is 71.8 Å². The summed E-state index contributed by atoms with van der Waals surface area (Å²) in [4.78, 5) is 0. The van der Waals surface area contributed by atoms with E-state index in [1.54, 1.807) is 0 Å². The highest BCUT2D eigenvalue weighted by molar-refractivity contribution is 5.44. The van der Waals surface area contributed by atoms with Crippen LogP contribution in [0.3, 0.4) is 0 Å². The molecule has 118 valence electrons. The second kappa shape index (κ2) is 6.20. The average molecular weight is 306 g/mol. The van der Waals surface area contributed by atoms with Crippen LogP contribution in [0.1, 0.15) is 36.8 Å². The Labute approximate surface area is 137 Å². The highest BCUT2D eigenvalue weighted by atomic mass is 16.3. The lowest BCUT2D eigenvalue weighted by atomic mass is 9.56. The third-order valence-electron chi connectivity index (χ3n) is 5.20. The molecule has 23 heavy (non-hydrogen) atoms. The molecule has 2 nitrogen and oxygen atoms in total. The Morgan fingerprint density at radius 2 is 1.61 bits per heavy atom. The molecule has 3 rings (SSSR count). The van der Waals surface area contributed by atoms with Gasteiger partial charge in [-0.05, 0) is 24.0 Å². The van der Waals surface area contributed by atoms with Crippen molar-refractivity contribution < 1.29 is 10.2 Å². The molecular weight excluding hydrogens is 284 g/mol. The van der Waals surface area contributed by atoms with Crippen LogP contribution in [0.5, 0.6) is 0 Å². The number of aliphatic hydroxyl groups excluding tert-OH is 1. The van der Waals surface area contributed by atoms with Crippen molar-refractivity contribution in [2.45, 2.75) is 42.8 Å². The molecule has 1 aliphatic carbocycles. The molecule has 0 radical (unpaired) electrons. The van der Waals surface area contributed by atoms with E-state index < -0.39 is 17.1 Å². The van der Waals surface area contributed by atoms with Gasteiger partial charge >= 0.3 is 0 Å². The van der Waals surface area contributed by atoms with Gasteiger partial charge in [-0.1, -0.05) is 79.4 Å². The van der Waals surface area contributed by atoms with Crippen LogP contribution in [0.4, 0.5) is 0 Å². The first kappa shape index (κ1) is 15.8. The van der Waals surface area contributed by atoms with Crippen LogP contribution in [0.15, 0.2) is 60.7 Å². The second-order valence-electron chi connectivity index (χ2n) is 6.32. The van der Waals surface area contributed by atoms with Crippen molar-refractivity contribution in [3.63, 3.8) is 0 Å². The van der Waals surface area contributed by atoms with Gasteiger partial charge in [0, 0.05) is 0 Å². The minimum atomic E-state index is -1.55. The molecule has 1 saturated carbocycles. The smallest absolute Gasteiger partial charge is 0.162 e. The summed E-state index contributed by atoms with van der Waals surface area (Å²) < 4.78 is 0. The molecule has 0 unspecified atom stereocenters. The van der Waals surface area contributed by atoms with Crippen molar-refractivity contribution in [1.82, 2.24) is 0 Å². The van der Waals surface area contributed by atoms with Gasteiger partial charge < -0.3 is 10.2 Å². The Bertz CT molecular complexity index is 689. The number of aliphatic hydroxyl groups is 2. The van der Waals surface area contributed by atoms with Crippen molar-refractivity contribution in [3.8, 4) is 12.3 Å². The molecule has 2 aromatic carbocycles. The molecule has 2 N–H and O–H groups in total. The van der Waals surface area contributed by atoms with Gasteiger partial charge in [0.2, 0.25) is 0 Å².